The molecule has 1 unspecified atom stereocenters. The molecule has 1 N–H and O–H groups in total. The molecule has 1 saturated heterocycles. The van der Waals surface area contributed by atoms with Crippen molar-refractivity contribution in [2.45, 2.75) is 32.1 Å². The van der Waals surface area contributed by atoms with Crippen molar-refractivity contribution in [3.05, 3.63) is 118 Å². The summed E-state index contributed by atoms with van der Waals surface area (Å²) in [5.41, 5.74) is 6.43. The Labute approximate surface area is 275 Å². The molecule has 1 fully saturated rings. The number of likely N-dealkylation sites (N-methyl/N-ethyl adjacent to an activating group) is 1. The molecular weight excluding hydrogens is 596 g/mol. The van der Waals surface area contributed by atoms with Crippen LogP contribution in [-0.2, 0) is 4.79 Å². The first-order valence-corrected chi connectivity index (χ1v) is 16.3. The normalized spacial score (nSPS) is 16.8. The van der Waals surface area contributed by atoms with E-state index in [0.29, 0.717) is 34.8 Å². The molecule has 0 aromatic heterocycles. The Morgan fingerprint density at radius 3 is 2.30 bits per heavy atom. The third kappa shape index (κ3) is 7.01. The number of piperazine rings is 1. The average Bonchev–Trinajstić information content (AvgIpc) is 3.24. The number of nitrogens with one attached hydrogen (secondary N) is 1. The molecule has 46 heavy (non-hydrogen) atoms. The number of fused-ring (bicyclic) bond motifs is 1. The van der Waals surface area contributed by atoms with E-state index >= 15 is 0 Å². The summed E-state index contributed by atoms with van der Waals surface area (Å²) in [5.74, 6) is -0.204. The highest BCUT2D eigenvalue weighted by molar-refractivity contribution is 6.30. The summed E-state index contributed by atoms with van der Waals surface area (Å²) < 4.78 is 0. The summed E-state index contributed by atoms with van der Waals surface area (Å²) in [6.45, 7) is 5.82. The van der Waals surface area contributed by atoms with Gasteiger partial charge in [0, 0.05) is 66.7 Å². The van der Waals surface area contributed by atoms with Crippen LogP contribution in [0.25, 0.3) is 11.1 Å². The molecule has 6 rings (SSSR count). The zero-order chi connectivity index (χ0) is 32.2. The summed E-state index contributed by atoms with van der Waals surface area (Å²) >= 11 is 6.46. The van der Waals surface area contributed by atoms with Crippen LogP contribution in [0.15, 0.2) is 91.0 Å². The van der Waals surface area contributed by atoms with Gasteiger partial charge in [-0.05, 0) is 98.0 Å². The van der Waals surface area contributed by atoms with Crippen molar-refractivity contribution in [2.75, 3.05) is 50.0 Å². The molecule has 0 spiro atoms. The summed E-state index contributed by atoms with van der Waals surface area (Å²) in [6, 6.07) is 28.3. The number of carbonyl (C=O) groups excluding carboxylic acids is 3. The SMILES string of the molecule is Cc1ccc(-c2ccccc2C(=O)Nc2ccc(C(=O)N3CCCC(CC(=O)N4CCN(C)CC4)c4cc(Cl)ccc43)cc2)cc1. The second kappa shape index (κ2) is 13.9. The van der Waals surface area contributed by atoms with Crippen molar-refractivity contribution < 1.29 is 14.4 Å². The van der Waals surface area contributed by atoms with E-state index in [1.54, 1.807) is 35.2 Å². The van der Waals surface area contributed by atoms with E-state index in [0.717, 1.165) is 67.0 Å². The fourth-order valence-electron chi connectivity index (χ4n) is 6.40. The maximum absolute atomic E-state index is 13.9. The van der Waals surface area contributed by atoms with Crippen LogP contribution in [0.3, 0.4) is 0 Å². The molecule has 8 heteroatoms. The zero-order valence-electron chi connectivity index (χ0n) is 26.3. The predicted molar refractivity (Wildman–Crippen MR) is 185 cm³/mol. The highest BCUT2D eigenvalue weighted by Crippen LogP contribution is 2.39. The topological polar surface area (TPSA) is 73.0 Å². The largest absolute Gasteiger partial charge is 0.340 e. The average molecular weight is 635 g/mol. The lowest BCUT2D eigenvalue weighted by atomic mass is 9.90. The molecule has 0 saturated carbocycles. The molecular formula is C38H39ClN4O3. The summed E-state index contributed by atoms with van der Waals surface area (Å²) in [4.78, 5) is 46.5. The maximum Gasteiger partial charge on any atom is 0.258 e. The number of aryl methyl sites for hydroxylation is 1. The Hall–Kier alpha value is -4.46. The van der Waals surface area contributed by atoms with Crippen molar-refractivity contribution in [3.8, 4) is 11.1 Å². The second-order valence-electron chi connectivity index (χ2n) is 12.3. The van der Waals surface area contributed by atoms with Crippen LogP contribution in [0.5, 0.6) is 0 Å². The van der Waals surface area contributed by atoms with E-state index in [2.05, 4.69) is 17.3 Å². The Morgan fingerprint density at radius 1 is 0.848 bits per heavy atom. The maximum atomic E-state index is 13.9. The Balaban J connectivity index is 1.17. The Bertz CT molecular complexity index is 1730. The van der Waals surface area contributed by atoms with Gasteiger partial charge in [-0.1, -0.05) is 59.6 Å². The molecule has 2 heterocycles. The van der Waals surface area contributed by atoms with E-state index in [-0.39, 0.29) is 23.6 Å². The van der Waals surface area contributed by atoms with E-state index < -0.39 is 0 Å². The molecule has 0 radical (unpaired) electrons. The van der Waals surface area contributed by atoms with Gasteiger partial charge in [0.2, 0.25) is 5.91 Å². The van der Waals surface area contributed by atoms with E-state index in [1.165, 1.54) is 0 Å². The number of nitrogens with zero attached hydrogens (tertiary/aromatic N) is 3. The Kier molecular flexibility index (Phi) is 9.52. The summed E-state index contributed by atoms with van der Waals surface area (Å²) in [7, 11) is 2.08. The first kappa shape index (κ1) is 31.5. The van der Waals surface area contributed by atoms with Crippen LogP contribution in [0.4, 0.5) is 11.4 Å². The van der Waals surface area contributed by atoms with Crippen LogP contribution in [0, 0.1) is 6.92 Å². The summed E-state index contributed by atoms with van der Waals surface area (Å²) in [5, 5.41) is 3.59. The fraction of sp³-hybridized carbons (Fsp3) is 0.289. The first-order chi connectivity index (χ1) is 22.3. The first-order valence-electron chi connectivity index (χ1n) is 15.9. The number of benzene rings is 4. The highest BCUT2D eigenvalue weighted by atomic mass is 35.5. The smallest absolute Gasteiger partial charge is 0.258 e. The third-order valence-electron chi connectivity index (χ3n) is 9.10. The van der Waals surface area contributed by atoms with E-state index in [4.69, 9.17) is 11.6 Å². The van der Waals surface area contributed by atoms with Crippen molar-refractivity contribution in [1.82, 2.24) is 9.80 Å². The number of hydrogen-bond acceptors (Lipinski definition) is 4. The van der Waals surface area contributed by atoms with Gasteiger partial charge in [0.25, 0.3) is 11.8 Å². The number of halogens is 1. The molecule has 0 bridgehead atoms. The van der Waals surface area contributed by atoms with Crippen LogP contribution < -0.4 is 10.2 Å². The second-order valence-corrected chi connectivity index (χ2v) is 12.8. The van der Waals surface area contributed by atoms with Gasteiger partial charge in [-0.15, -0.1) is 0 Å². The van der Waals surface area contributed by atoms with Gasteiger partial charge in [0.05, 0.1) is 0 Å². The molecule has 2 aliphatic heterocycles. The highest BCUT2D eigenvalue weighted by Gasteiger charge is 2.30. The zero-order valence-corrected chi connectivity index (χ0v) is 27.1. The van der Waals surface area contributed by atoms with Gasteiger partial charge in [0.15, 0.2) is 0 Å². The van der Waals surface area contributed by atoms with Gasteiger partial charge >= 0.3 is 0 Å². The third-order valence-corrected chi connectivity index (χ3v) is 9.34. The van der Waals surface area contributed by atoms with Gasteiger partial charge in [-0.2, -0.15) is 0 Å². The van der Waals surface area contributed by atoms with E-state index in [9.17, 15) is 14.4 Å². The minimum absolute atomic E-state index is 0.0148. The molecule has 4 aromatic carbocycles. The number of anilines is 2. The van der Waals surface area contributed by atoms with Gasteiger partial charge in [0.1, 0.15) is 0 Å². The van der Waals surface area contributed by atoms with Crippen molar-refractivity contribution >= 4 is 40.7 Å². The standard InChI is InChI=1S/C38H39ClN4O3/c1-26-9-11-27(12-10-26)32-7-3-4-8-33(32)37(45)40-31-16-13-28(14-17-31)38(46)43-19-5-6-29(34-25-30(39)15-18-35(34)43)24-36(44)42-22-20-41(2)21-23-42/h3-4,7-18,25,29H,5-6,19-24H2,1-2H3,(H,40,45). The minimum Gasteiger partial charge on any atom is -0.340 e. The van der Waals surface area contributed by atoms with Crippen LogP contribution in [-0.4, -0.2) is 67.3 Å². The van der Waals surface area contributed by atoms with Gasteiger partial charge in [-0.25, -0.2) is 0 Å². The monoisotopic (exact) mass is 634 g/mol. The molecule has 7 nitrogen and oxygen atoms in total. The molecule has 236 valence electrons. The summed E-state index contributed by atoms with van der Waals surface area (Å²) in [6.07, 6.45) is 1.97. The van der Waals surface area contributed by atoms with Gasteiger partial charge < -0.3 is 20.0 Å². The quantitative estimate of drug-likeness (QED) is 0.242. The number of rotatable bonds is 6. The van der Waals surface area contributed by atoms with Crippen molar-refractivity contribution in [3.63, 3.8) is 0 Å². The number of hydrogen-bond donors (Lipinski definition) is 1. The molecule has 3 amide bonds. The van der Waals surface area contributed by atoms with Crippen LogP contribution in [0.1, 0.15) is 57.0 Å². The van der Waals surface area contributed by atoms with E-state index in [1.807, 2.05) is 72.5 Å². The van der Waals surface area contributed by atoms with Crippen molar-refractivity contribution in [1.29, 1.82) is 0 Å². The Morgan fingerprint density at radius 2 is 1.57 bits per heavy atom. The minimum atomic E-state index is -0.217. The lowest BCUT2D eigenvalue weighted by Gasteiger charge is -2.33. The predicted octanol–water partition coefficient (Wildman–Crippen LogP) is 7.26. The van der Waals surface area contributed by atoms with Gasteiger partial charge in [-0.3, -0.25) is 14.4 Å². The fourth-order valence-corrected chi connectivity index (χ4v) is 6.59. The molecule has 2 aliphatic rings. The van der Waals surface area contributed by atoms with Crippen LogP contribution >= 0.6 is 11.6 Å². The molecule has 0 aliphatic carbocycles. The lowest BCUT2D eigenvalue weighted by molar-refractivity contribution is -0.133. The van der Waals surface area contributed by atoms with Crippen LogP contribution in [0.2, 0.25) is 5.02 Å². The molecule has 1 atom stereocenters. The number of amides is 3. The lowest BCUT2D eigenvalue weighted by Crippen LogP contribution is -2.47. The molecule has 4 aromatic rings. The van der Waals surface area contributed by atoms with Crippen molar-refractivity contribution in [2.24, 2.45) is 0 Å². The number of carbonyl (C=O) groups is 3.